The molecule has 8 nitrogen and oxygen atoms in total. The summed E-state index contributed by atoms with van der Waals surface area (Å²) < 4.78 is 86.9. The molecule has 0 aliphatic carbocycles. The van der Waals surface area contributed by atoms with Crippen LogP contribution in [0.5, 0.6) is 0 Å². The number of halogens is 6. The lowest BCUT2D eigenvalue weighted by Gasteiger charge is -2.39. The van der Waals surface area contributed by atoms with Gasteiger partial charge in [-0.05, 0) is 65.2 Å². The molecule has 5 rings (SSSR count). The SMILES string of the molecule is Nc1ccc(/C=C/C(=O)NCc2cc3cc(-c4ccc(C(=O)N5CCC(O)(C(F)(F)F)CC5)cc4)cc(C(F)(F)F)c3o2)cn1. The summed E-state index contributed by atoms with van der Waals surface area (Å²) in [6.07, 6.45) is -6.70. The Bertz CT molecular complexity index is 1740. The zero-order valence-corrected chi connectivity index (χ0v) is 23.4. The van der Waals surface area contributed by atoms with Gasteiger partial charge in [0.15, 0.2) is 5.60 Å². The third kappa shape index (κ3) is 6.95. The van der Waals surface area contributed by atoms with E-state index < -0.39 is 53.8 Å². The van der Waals surface area contributed by atoms with Gasteiger partial charge in [-0.15, -0.1) is 0 Å². The fourth-order valence-corrected chi connectivity index (χ4v) is 4.94. The standard InChI is InChI=1S/C31H26F6N4O4/c32-30(33,34)24-15-21(19-3-5-20(6-4-19)28(43)41-11-9-29(44,10-12-41)31(35,36)37)13-22-14-23(45-27(22)24)17-40-26(42)8-2-18-1-7-25(38)39-16-18/h1-8,13-16,44H,9-12,17H2,(H2,38,39)(H,40,42)/b8-2+. The molecule has 1 aliphatic heterocycles. The van der Waals surface area contributed by atoms with Crippen LogP contribution in [0.1, 0.15) is 40.1 Å². The van der Waals surface area contributed by atoms with Crippen molar-refractivity contribution < 1.29 is 45.5 Å². The molecular weight excluding hydrogens is 606 g/mol. The van der Waals surface area contributed by atoms with Crippen LogP contribution >= 0.6 is 0 Å². The number of nitrogen functional groups attached to an aromatic ring is 1. The second-order valence-electron chi connectivity index (χ2n) is 10.6. The number of nitrogens with one attached hydrogen (secondary N) is 1. The maximum Gasteiger partial charge on any atom is 0.420 e. The number of piperidine rings is 1. The minimum absolute atomic E-state index is 0.0865. The largest absolute Gasteiger partial charge is 0.459 e. The summed E-state index contributed by atoms with van der Waals surface area (Å²) >= 11 is 0. The first-order chi connectivity index (χ1) is 21.1. The molecule has 14 heteroatoms. The molecule has 4 N–H and O–H groups in total. The highest BCUT2D eigenvalue weighted by atomic mass is 19.4. The van der Waals surface area contributed by atoms with E-state index >= 15 is 0 Å². The predicted octanol–water partition coefficient (Wildman–Crippen LogP) is 5.95. The van der Waals surface area contributed by atoms with Crippen molar-refractivity contribution in [3.63, 3.8) is 0 Å². The highest BCUT2D eigenvalue weighted by Gasteiger charge is 2.55. The zero-order valence-electron chi connectivity index (χ0n) is 23.4. The fourth-order valence-electron chi connectivity index (χ4n) is 4.94. The van der Waals surface area contributed by atoms with Crippen molar-refractivity contribution in [1.82, 2.24) is 15.2 Å². The van der Waals surface area contributed by atoms with Crippen molar-refractivity contribution in [2.45, 2.75) is 37.3 Å². The van der Waals surface area contributed by atoms with Crippen LogP contribution in [0.2, 0.25) is 0 Å². The van der Waals surface area contributed by atoms with E-state index in [0.717, 1.165) is 6.07 Å². The molecular formula is C31H26F6N4O4. The van der Waals surface area contributed by atoms with Gasteiger partial charge in [0.25, 0.3) is 5.91 Å². The summed E-state index contributed by atoms with van der Waals surface area (Å²) in [5.41, 5.74) is 2.51. The molecule has 0 unspecified atom stereocenters. The minimum atomic E-state index is -4.81. The summed E-state index contributed by atoms with van der Waals surface area (Å²) in [5.74, 6) is -0.667. The van der Waals surface area contributed by atoms with E-state index in [0.29, 0.717) is 16.9 Å². The van der Waals surface area contributed by atoms with Gasteiger partial charge in [0.2, 0.25) is 5.91 Å². The molecule has 1 saturated heterocycles. The van der Waals surface area contributed by atoms with Gasteiger partial charge in [-0.2, -0.15) is 26.3 Å². The maximum absolute atomic E-state index is 14.0. The first-order valence-corrected chi connectivity index (χ1v) is 13.6. The Morgan fingerprint density at radius 2 is 1.69 bits per heavy atom. The van der Waals surface area contributed by atoms with E-state index in [9.17, 15) is 41.0 Å². The summed E-state index contributed by atoms with van der Waals surface area (Å²) in [6, 6.07) is 12.6. The van der Waals surface area contributed by atoms with E-state index in [2.05, 4.69) is 10.3 Å². The number of hydrogen-bond donors (Lipinski definition) is 3. The van der Waals surface area contributed by atoms with E-state index in [4.69, 9.17) is 10.2 Å². The van der Waals surface area contributed by atoms with E-state index in [1.165, 1.54) is 59.6 Å². The lowest BCUT2D eigenvalue weighted by atomic mass is 9.90. The van der Waals surface area contributed by atoms with Crippen LogP contribution in [0.4, 0.5) is 32.2 Å². The highest BCUT2D eigenvalue weighted by molar-refractivity contribution is 5.95. The zero-order chi connectivity index (χ0) is 32.6. The number of aliphatic hydroxyl groups is 1. The van der Waals surface area contributed by atoms with Gasteiger partial charge in [-0.1, -0.05) is 12.1 Å². The number of aromatic nitrogens is 1. The van der Waals surface area contributed by atoms with Crippen molar-refractivity contribution in [2.75, 3.05) is 18.8 Å². The second-order valence-corrected chi connectivity index (χ2v) is 10.6. The molecule has 1 fully saturated rings. The number of hydrogen-bond acceptors (Lipinski definition) is 6. The number of rotatable bonds is 6. The molecule has 0 saturated carbocycles. The van der Waals surface area contributed by atoms with Gasteiger partial charge in [0.05, 0.1) is 12.1 Å². The quantitative estimate of drug-likeness (QED) is 0.178. The molecule has 45 heavy (non-hydrogen) atoms. The second kappa shape index (κ2) is 11.9. The first kappa shape index (κ1) is 31.6. The van der Waals surface area contributed by atoms with Crippen LogP contribution in [0.3, 0.4) is 0 Å². The monoisotopic (exact) mass is 632 g/mol. The molecule has 2 aromatic heterocycles. The number of nitrogens with two attached hydrogens (primary N) is 1. The van der Waals surface area contributed by atoms with Gasteiger partial charge < -0.3 is 25.5 Å². The van der Waals surface area contributed by atoms with Crippen LogP contribution in [-0.4, -0.2) is 51.7 Å². The van der Waals surface area contributed by atoms with Crippen molar-refractivity contribution in [3.8, 4) is 11.1 Å². The molecule has 4 aromatic rings. The average molecular weight is 633 g/mol. The molecule has 0 atom stereocenters. The van der Waals surface area contributed by atoms with Crippen LogP contribution < -0.4 is 11.1 Å². The van der Waals surface area contributed by atoms with Gasteiger partial charge in [0, 0.05) is 49.2 Å². The lowest BCUT2D eigenvalue weighted by molar-refractivity contribution is -0.271. The molecule has 236 valence electrons. The smallest absolute Gasteiger partial charge is 0.420 e. The Labute approximate surface area is 252 Å². The van der Waals surface area contributed by atoms with Crippen LogP contribution in [0, 0.1) is 0 Å². The number of fused-ring (bicyclic) bond motifs is 1. The number of furan rings is 1. The summed E-state index contributed by atoms with van der Waals surface area (Å²) in [4.78, 5) is 30.2. The highest BCUT2D eigenvalue weighted by Crippen LogP contribution is 2.40. The van der Waals surface area contributed by atoms with Crippen LogP contribution in [-0.2, 0) is 17.5 Å². The fraction of sp³-hybridized carbons (Fsp3) is 0.258. The van der Waals surface area contributed by atoms with Crippen molar-refractivity contribution in [2.24, 2.45) is 0 Å². The third-order valence-electron chi connectivity index (χ3n) is 7.52. The number of pyridine rings is 1. The van der Waals surface area contributed by atoms with Crippen LogP contribution in [0.25, 0.3) is 28.2 Å². The van der Waals surface area contributed by atoms with Gasteiger partial charge in [0.1, 0.15) is 17.2 Å². The molecule has 0 bridgehead atoms. The summed E-state index contributed by atoms with van der Waals surface area (Å²) in [6.45, 7) is -0.790. The van der Waals surface area contributed by atoms with Gasteiger partial charge >= 0.3 is 12.4 Å². The predicted molar refractivity (Wildman–Crippen MR) is 152 cm³/mol. The molecule has 2 aromatic carbocycles. The van der Waals surface area contributed by atoms with Crippen LogP contribution in [0.15, 0.2) is 71.3 Å². The number of carbonyl (C=O) groups excluding carboxylic acids is 2. The average Bonchev–Trinajstić information content (AvgIpc) is 3.41. The number of nitrogens with zero attached hydrogens (tertiary/aromatic N) is 2. The van der Waals surface area contributed by atoms with Gasteiger partial charge in [-0.3, -0.25) is 9.59 Å². The Hall–Kier alpha value is -4.85. The maximum atomic E-state index is 14.0. The first-order valence-electron chi connectivity index (χ1n) is 13.6. The number of benzene rings is 2. The third-order valence-corrected chi connectivity index (χ3v) is 7.52. The van der Waals surface area contributed by atoms with Crippen molar-refractivity contribution in [3.05, 3.63) is 89.3 Å². The minimum Gasteiger partial charge on any atom is -0.459 e. The molecule has 1 aliphatic rings. The number of amides is 2. The Morgan fingerprint density at radius 1 is 1.00 bits per heavy atom. The Morgan fingerprint density at radius 3 is 2.29 bits per heavy atom. The van der Waals surface area contributed by atoms with E-state index in [-0.39, 0.29) is 41.9 Å². The molecule has 0 radical (unpaired) electrons. The van der Waals surface area contributed by atoms with E-state index in [1.54, 1.807) is 12.1 Å². The summed E-state index contributed by atoms with van der Waals surface area (Å²) in [5, 5.41) is 12.5. The number of anilines is 1. The normalized spacial score (nSPS) is 15.5. The topological polar surface area (TPSA) is 122 Å². The number of likely N-dealkylation sites (tertiary alicyclic amines) is 1. The number of carbonyl (C=O) groups is 2. The van der Waals surface area contributed by atoms with E-state index in [1.807, 2.05) is 0 Å². The molecule has 3 heterocycles. The summed E-state index contributed by atoms with van der Waals surface area (Å²) in [7, 11) is 0. The van der Waals surface area contributed by atoms with Crippen molar-refractivity contribution in [1.29, 1.82) is 0 Å². The van der Waals surface area contributed by atoms with Gasteiger partial charge in [-0.25, -0.2) is 4.98 Å². The molecule has 2 amide bonds. The Kier molecular flexibility index (Phi) is 8.36. The number of alkyl halides is 6. The lowest BCUT2D eigenvalue weighted by Crippen LogP contribution is -2.54. The molecule has 0 spiro atoms. The van der Waals surface area contributed by atoms with Crippen molar-refractivity contribution >= 4 is 34.7 Å². The Balaban J connectivity index is 1.31.